The summed E-state index contributed by atoms with van der Waals surface area (Å²) < 4.78 is 7.23. The van der Waals surface area contributed by atoms with Crippen LogP contribution in [0.5, 0.6) is 0 Å². The summed E-state index contributed by atoms with van der Waals surface area (Å²) in [6.45, 7) is 5.87. The molecule has 1 aromatic carbocycles. The second kappa shape index (κ2) is 7.33. The summed E-state index contributed by atoms with van der Waals surface area (Å²) in [5.74, 6) is 0. The van der Waals surface area contributed by atoms with Gasteiger partial charge in [0.2, 0.25) is 0 Å². The Kier molecular flexibility index (Phi) is 4.97. The SMILES string of the molecule is c1cc(CCCN2CCOCC2)cc(Cn2cncn2)c1. The minimum atomic E-state index is 0.789. The zero-order valence-corrected chi connectivity index (χ0v) is 12.3. The first kappa shape index (κ1) is 14.2. The molecule has 0 atom stereocenters. The van der Waals surface area contributed by atoms with E-state index in [-0.39, 0.29) is 0 Å². The van der Waals surface area contributed by atoms with Gasteiger partial charge in [0.25, 0.3) is 0 Å². The summed E-state index contributed by atoms with van der Waals surface area (Å²) in [6, 6.07) is 8.77. The molecule has 0 N–H and O–H groups in total. The third-order valence-corrected chi connectivity index (χ3v) is 3.85. The highest BCUT2D eigenvalue weighted by Gasteiger charge is 2.09. The summed E-state index contributed by atoms with van der Waals surface area (Å²) in [6.07, 6.45) is 5.66. The number of ether oxygens (including phenoxy) is 1. The van der Waals surface area contributed by atoms with Gasteiger partial charge in [-0.15, -0.1) is 0 Å². The Hall–Kier alpha value is -1.72. The van der Waals surface area contributed by atoms with E-state index in [1.807, 2.05) is 4.68 Å². The van der Waals surface area contributed by atoms with Crippen molar-refractivity contribution in [3.05, 3.63) is 48.0 Å². The van der Waals surface area contributed by atoms with Crippen LogP contribution in [0.25, 0.3) is 0 Å². The van der Waals surface area contributed by atoms with Crippen LogP contribution >= 0.6 is 0 Å². The Morgan fingerprint density at radius 3 is 2.81 bits per heavy atom. The molecule has 1 fully saturated rings. The molecule has 0 saturated carbocycles. The van der Waals surface area contributed by atoms with Crippen LogP contribution in [0, 0.1) is 0 Å². The molecule has 1 aliphatic rings. The van der Waals surface area contributed by atoms with Gasteiger partial charge in [-0.1, -0.05) is 24.3 Å². The van der Waals surface area contributed by atoms with Crippen molar-refractivity contribution in [1.29, 1.82) is 0 Å². The second-order valence-corrected chi connectivity index (χ2v) is 5.47. The van der Waals surface area contributed by atoms with Crippen LogP contribution in [-0.2, 0) is 17.7 Å². The monoisotopic (exact) mass is 286 g/mol. The summed E-state index contributed by atoms with van der Waals surface area (Å²) >= 11 is 0. The zero-order chi connectivity index (χ0) is 14.3. The third kappa shape index (κ3) is 4.37. The first-order chi connectivity index (χ1) is 10.4. The molecule has 1 aliphatic heterocycles. The van der Waals surface area contributed by atoms with Gasteiger partial charge >= 0.3 is 0 Å². The number of nitrogens with zero attached hydrogens (tertiary/aromatic N) is 4. The van der Waals surface area contributed by atoms with Gasteiger partial charge in [-0.25, -0.2) is 9.67 Å². The molecule has 0 radical (unpaired) electrons. The lowest BCUT2D eigenvalue weighted by atomic mass is 10.1. The number of hydrogen-bond acceptors (Lipinski definition) is 4. The molecule has 112 valence electrons. The molecule has 0 aliphatic carbocycles. The van der Waals surface area contributed by atoms with Crippen molar-refractivity contribution in [2.24, 2.45) is 0 Å². The van der Waals surface area contributed by atoms with Crippen molar-refractivity contribution >= 4 is 0 Å². The summed E-state index contributed by atoms with van der Waals surface area (Å²) in [7, 11) is 0. The summed E-state index contributed by atoms with van der Waals surface area (Å²) in [5.41, 5.74) is 2.69. The van der Waals surface area contributed by atoms with E-state index in [9.17, 15) is 0 Å². The van der Waals surface area contributed by atoms with Gasteiger partial charge in [-0.2, -0.15) is 5.10 Å². The number of morpholine rings is 1. The van der Waals surface area contributed by atoms with Crippen molar-refractivity contribution in [2.75, 3.05) is 32.8 Å². The van der Waals surface area contributed by atoms with Crippen molar-refractivity contribution in [3.8, 4) is 0 Å². The summed E-state index contributed by atoms with van der Waals surface area (Å²) in [4.78, 5) is 6.47. The van der Waals surface area contributed by atoms with Crippen molar-refractivity contribution < 1.29 is 4.74 Å². The van der Waals surface area contributed by atoms with Crippen LogP contribution in [-0.4, -0.2) is 52.5 Å². The lowest BCUT2D eigenvalue weighted by Crippen LogP contribution is -2.36. The molecule has 3 rings (SSSR count). The van der Waals surface area contributed by atoms with Gasteiger partial charge in [0.1, 0.15) is 12.7 Å². The Morgan fingerprint density at radius 2 is 2.00 bits per heavy atom. The third-order valence-electron chi connectivity index (χ3n) is 3.85. The van der Waals surface area contributed by atoms with Crippen LogP contribution in [0.3, 0.4) is 0 Å². The molecule has 0 bridgehead atoms. The Balaban J connectivity index is 1.48. The highest BCUT2D eigenvalue weighted by Crippen LogP contribution is 2.10. The molecule has 0 amide bonds. The molecule has 5 heteroatoms. The van der Waals surface area contributed by atoms with E-state index in [1.54, 1.807) is 12.7 Å². The molecule has 0 spiro atoms. The van der Waals surface area contributed by atoms with E-state index >= 15 is 0 Å². The Morgan fingerprint density at radius 1 is 1.14 bits per heavy atom. The maximum atomic E-state index is 5.37. The lowest BCUT2D eigenvalue weighted by molar-refractivity contribution is 0.0375. The molecular weight excluding hydrogens is 264 g/mol. The van der Waals surface area contributed by atoms with Gasteiger partial charge in [0.05, 0.1) is 19.8 Å². The highest BCUT2D eigenvalue weighted by molar-refractivity contribution is 5.23. The topological polar surface area (TPSA) is 43.2 Å². The van der Waals surface area contributed by atoms with E-state index in [2.05, 4.69) is 39.2 Å². The van der Waals surface area contributed by atoms with E-state index in [0.717, 1.165) is 45.8 Å². The first-order valence-corrected chi connectivity index (χ1v) is 7.60. The lowest BCUT2D eigenvalue weighted by Gasteiger charge is -2.26. The fraction of sp³-hybridized carbons (Fsp3) is 0.500. The molecule has 1 saturated heterocycles. The van der Waals surface area contributed by atoms with Gasteiger partial charge < -0.3 is 4.74 Å². The van der Waals surface area contributed by atoms with E-state index in [4.69, 9.17) is 4.74 Å². The molecule has 21 heavy (non-hydrogen) atoms. The van der Waals surface area contributed by atoms with Crippen molar-refractivity contribution in [3.63, 3.8) is 0 Å². The second-order valence-electron chi connectivity index (χ2n) is 5.47. The molecule has 5 nitrogen and oxygen atoms in total. The van der Waals surface area contributed by atoms with Gasteiger partial charge in [0.15, 0.2) is 0 Å². The van der Waals surface area contributed by atoms with Crippen LogP contribution < -0.4 is 0 Å². The highest BCUT2D eigenvalue weighted by atomic mass is 16.5. The maximum absolute atomic E-state index is 5.37. The maximum Gasteiger partial charge on any atom is 0.137 e. The van der Waals surface area contributed by atoms with E-state index < -0.39 is 0 Å². The zero-order valence-electron chi connectivity index (χ0n) is 12.3. The fourth-order valence-corrected chi connectivity index (χ4v) is 2.72. The van der Waals surface area contributed by atoms with Crippen LogP contribution in [0.1, 0.15) is 17.5 Å². The fourth-order valence-electron chi connectivity index (χ4n) is 2.72. The number of aryl methyl sites for hydroxylation is 1. The smallest absolute Gasteiger partial charge is 0.137 e. The Labute approximate surface area is 125 Å². The van der Waals surface area contributed by atoms with Crippen LogP contribution in [0.15, 0.2) is 36.9 Å². The Bertz CT molecular complexity index is 535. The molecule has 1 aromatic heterocycles. The minimum Gasteiger partial charge on any atom is -0.379 e. The minimum absolute atomic E-state index is 0.789. The number of hydrogen-bond donors (Lipinski definition) is 0. The normalized spacial score (nSPS) is 16.2. The van der Waals surface area contributed by atoms with Gasteiger partial charge in [-0.05, 0) is 30.5 Å². The number of benzene rings is 1. The quantitative estimate of drug-likeness (QED) is 0.809. The average molecular weight is 286 g/mol. The van der Waals surface area contributed by atoms with Crippen molar-refractivity contribution in [1.82, 2.24) is 19.7 Å². The molecule has 2 aromatic rings. The largest absolute Gasteiger partial charge is 0.379 e. The molecular formula is C16H22N4O. The first-order valence-electron chi connectivity index (χ1n) is 7.60. The van der Waals surface area contributed by atoms with Gasteiger partial charge in [-0.3, -0.25) is 4.90 Å². The average Bonchev–Trinajstić information content (AvgIpc) is 3.02. The number of rotatable bonds is 6. The molecule has 2 heterocycles. The van der Waals surface area contributed by atoms with Gasteiger partial charge in [0, 0.05) is 13.1 Å². The standard InChI is InChI=1S/C16H22N4O/c1-3-15(5-2-6-19-7-9-21-10-8-19)11-16(4-1)12-20-14-17-13-18-20/h1,3-4,11,13-14H,2,5-10,12H2. The van der Waals surface area contributed by atoms with E-state index in [0.29, 0.717) is 0 Å². The summed E-state index contributed by atoms with van der Waals surface area (Å²) in [5, 5.41) is 4.15. The van der Waals surface area contributed by atoms with Crippen LogP contribution in [0.4, 0.5) is 0 Å². The van der Waals surface area contributed by atoms with E-state index in [1.165, 1.54) is 17.5 Å². The van der Waals surface area contributed by atoms with Crippen molar-refractivity contribution in [2.45, 2.75) is 19.4 Å². The van der Waals surface area contributed by atoms with Crippen LogP contribution in [0.2, 0.25) is 0 Å². The predicted octanol–water partition coefficient (Wildman–Crippen LogP) is 1.59. The molecule has 0 unspecified atom stereocenters. The predicted molar refractivity (Wildman–Crippen MR) is 81.1 cm³/mol. The number of aromatic nitrogens is 3.